The highest BCUT2D eigenvalue weighted by Crippen LogP contribution is 2.37. The SMILES string of the molecule is CCOc1cc(C=Nn2c([C@H](C)CC)nc3ccc(Br)cc3c2=O)cc(I)c1Oc1ccc([N+](=O)[O-])cn1. The molecule has 1 atom stereocenters. The van der Waals surface area contributed by atoms with Crippen LogP contribution < -0.4 is 15.0 Å². The normalized spacial score (nSPS) is 12.1. The fourth-order valence-corrected chi connectivity index (χ4v) is 4.67. The van der Waals surface area contributed by atoms with Crippen LogP contribution in [0.4, 0.5) is 5.69 Å². The van der Waals surface area contributed by atoms with Gasteiger partial charge in [-0.25, -0.2) is 9.97 Å². The van der Waals surface area contributed by atoms with Crippen LogP contribution in [0.5, 0.6) is 17.4 Å². The highest BCUT2D eigenvalue weighted by Gasteiger charge is 2.17. The maximum atomic E-state index is 13.4. The first-order valence-electron chi connectivity index (χ1n) is 11.7. The van der Waals surface area contributed by atoms with Crippen molar-refractivity contribution in [2.24, 2.45) is 5.10 Å². The molecule has 10 nitrogen and oxygen atoms in total. The zero-order chi connectivity index (χ0) is 27.4. The van der Waals surface area contributed by atoms with Gasteiger partial charge in [0.2, 0.25) is 5.88 Å². The van der Waals surface area contributed by atoms with E-state index in [9.17, 15) is 14.9 Å². The second-order valence-corrected chi connectivity index (χ2v) is 10.4. The zero-order valence-electron chi connectivity index (χ0n) is 20.7. The number of nitrogens with zero attached hydrogens (tertiary/aromatic N) is 5. The Hall–Kier alpha value is -3.39. The summed E-state index contributed by atoms with van der Waals surface area (Å²) in [6, 6.07) is 11.7. The molecular formula is C26H23BrIN5O5. The minimum atomic E-state index is -0.526. The van der Waals surface area contributed by atoms with E-state index in [0.29, 0.717) is 44.0 Å². The lowest BCUT2D eigenvalue weighted by Crippen LogP contribution is -2.23. The molecule has 2 aromatic heterocycles. The van der Waals surface area contributed by atoms with E-state index in [1.54, 1.807) is 18.3 Å². The van der Waals surface area contributed by atoms with E-state index in [1.807, 2.05) is 39.0 Å². The Labute approximate surface area is 240 Å². The molecule has 196 valence electrons. The molecule has 0 unspecified atom stereocenters. The van der Waals surface area contributed by atoms with Crippen LogP contribution in [0.3, 0.4) is 0 Å². The van der Waals surface area contributed by atoms with Crippen LogP contribution in [-0.4, -0.2) is 32.4 Å². The van der Waals surface area contributed by atoms with Crippen molar-refractivity contribution in [3.8, 4) is 17.4 Å². The Kier molecular flexibility index (Phi) is 8.72. The van der Waals surface area contributed by atoms with E-state index in [-0.39, 0.29) is 23.0 Å². The summed E-state index contributed by atoms with van der Waals surface area (Å²) in [6.45, 7) is 6.26. The average molecular weight is 692 g/mol. The highest BCUT2D eigenvalue weighted by molar-refractivity contribution is 14.1. The molecule has 0 radical (unpaired) electrons. The van der Waals surface area contributed by atoms with Gasteiger partial charge in [-0.2, -0.15) is 9.78 Å². The van der Waals surface area contributed by atoms with E-state index in [4.69, 9.17) is 14.5 Å². The molecule has 0 saturated carbocycles. The number of halogens is 2. The quantitative estimate of drug-likeness (QED) is 0.0833. The number of hydrogen-bond donors (Lipinski definition) is 0. The van der Waals surface area contributed by atoms with E-state index in [2.05, 4.69) is 48.6 Å². The molecule has 0 amide bonds. The van der Waals surface area contributed by atoms with Crippen molar-refractivity contribution in [2.75, 3.05) is 6.61 Å². The van der Waals surface area contributed by atoms with Crippen LogP contribution in [0.15, 0.2) is 63.0 Å². The molecule has 0 N–H and O–H groups in total. The number of nitro groups is 1. The minimum Gasteiger partial charge on any atom is -0.490 e. The number of fused-ring (bicyclic) bond motifs is 1. The Morgan fingerprint density at radius 1 is 1.24 bits per heavy atom. The maximum absolute atomic E-state index is 13.4. The number of pyridine rings is 1. The van der Waals surface area contributed by atoms with Gasteiger partial charge in [-0.3, -0.25) is 14.9 Å². The molecule has 0 spiro atoms. The van der Waals surface area contributed by atoms with Crippen LogP contribution in [0, 0.1) is 13.7 Å². The van der Waals surface area contributed by atoms with Gasteiger partial charge in [-0.15, -0.1) is 0 Å². The number of aromatic nitrogens is 3. The third-order valence-electron chi connectivity index (χ3n) is 5.68. The van der Waals surface area contributed by atoms with Gasteiger partial charge in [0.05, 0.1) is 32.2 Å². The molecule has 0 aliphatic rings. The number of rotatable bonds is 9. The van der Waals surface area contributed by atoms with E-state index < -0.39 is 4.92 Å². The standard InChI is InChI=1S/C26H23BrIN5O5/c1-4-15(3)25-31-21-8-6-17(27)12-19(21)26(34)32(25)30-13-16-10-20(28)24(22(11-16)37-5-2)38-23-9-7-18(14-29-23)33(35)36/h6-15H,4-5H2,1-3H3/t15-/m1/s1. The second kappa shape index (κ2) is 12.0. The van der Waals surface area contributed by atoms with E-state index in [0.717, 1.165) is 17.1 Å². The van der Waals surface area contributed by atoms with Crippen molar-refractivity contribution < 1.29 is 14.4 Å². The summed E-state index contributed by atoms with van der Waals surface area (Å²) in [5, 5.41) is 15.9. The first kappa shape index (κ1) is 27.6. The Bertz CT molecular complexity index is 1590. The molecule has 2 aromatic carbocycles. The lowest BCUT2D eigenvalue weighted by molar-refractivity contribution is -0.385. The van der Waals surface area contributed by atoms with Gasteiger partial charge >= 0.3 is 0 Å². The Balaban J connectivity index is 1.74. The maximum Gasteiger partial charge on any atom is 0.287 e. The van der Waals surface area contributed by atoms with Gasteiger partial charge in [0, 0.05) is 22.5 Å². The van der Waals surface area contributed by atoms with Gasteiger partial charge < -0.3 is 9.47 Å². The molecule has 4 rings (SSSR count). The number of benzene rings is 2. The van der Waals surface area contributed by atoms with E-state index >= 15 is 0 Å². The van der Waals surface area contributed by atoms with Crippen LogP contribution in [0.25, 0.3) is 10.9 Å². The van der Waals surface area contributed by atoms with Crippen molar-refractivity contribution in [3.05, 3.63) is 88.6 Å². The summed E-state index contributed by atoms with van der Waals surface area (Å²) in [5.41, 5.74) is 0.908. The predicted octanol–water partition coefficient (Wildman–Crippen LogP) is 6.65. The van der Waals surface area contributed by atoms with Crippen LogP contribution in [0.2, 0.25) is 0 Å². The third kappa shape index (κ3) is 6.01. The van der Waals surface area contributed by atoms with Crippen molar-refractivity contribution >= 4 is 61.3 Å². The van der Waals surface area contributed by atoms with Crippen LogP contribution >= 0.6 is 38.5 Å². The van der Waals surface area contributed by atoms with Gasteiger partial charge in [0.15, 0.2) is 11.5 Å². The van der Waals surface area contributed by atoms with Gasteiger partial charge in [0.1, 0.15) is 12.0 Å². The Morgan fingerprint density at radius 3 is 2.68 bits per heavy atom. The number of hydrogen-bond acceptors (Lipinski definition) is 8. The Morgan fingerprint density at radius 2 is 2.03 bits per heavy atom. The fraction of sp³-hybridized carbons (Fsp3) is 0.231. The lowest BCUT2D eigenvalue weighted by atomic mass is 10.1. The van der Waals surface area contributed by atoms with Gasteiger partial charge in [-0.1, -0.05) is 29.8 Å². The monoisotopic (exact) mass is 691 g/mol. The van der Waals surface area contributed by atoms with Crippen LogP contribution in [-0.2, 0) is 0 Å². The zero-order valence-corrected chi connectivity index (χ0v) is 24.5. The third-order valence-corrected chi connectivity index (χ3v) is 6.97. The summed E-state index contributed by atoms with van der Waals surface area (Å²) in [5.74, 6) is 1.63. The first-order valence-corrected chi connectivity index (χ1v) is 13.6. The molecule has 2 heterocycles. The van der Waals surface area contributed by atoms with Gasteiger partial charge in [0.25, 0.3) is 11.2 Å². The summed E-state index contributed by atoms with van der Waals surface area (Å²) in [7, 11) is 0. The van der Waals surface area contributed by atoms with Crippen molar-refractivity contribution in [1.29, 1.82) is 0 Å². The molecule has 4 aromatic rings. The fourth-order valence-electron chi connectivity index (χ4n) is 3.57. The molecule has 0 aliphatic carbocycles. The summed E-state index contributed by atoms with van der Waals surface area (Å²) in [6.07, 6.45) is 3.50. The highest BCUT2D eigenvalue weighted by atomic mass is 127. The largest absolute Gasteiger partial charge is 0.490 e. The smallest absolute Gasteiger partial charge is 0.287 e. The summed E-state index contributed by atoms with van der Waals surface area (Å²) >= 11 is 5.53. The second-order valence-electron chi connectivity index (χ2n) is 8.28. The van der Waals surface area contributed by atoms with Crippen molar-refractivity contribution in [3.63, 3.8) is 0 Å². The molecule has 38 heavy (non-hydrogen) atoms. The summed E-state index contributed by atoms with van der Waals surface area (Å²) in [4.78, 5) is 32.5. The minimum absolute atomic E-state index is 0.0111. The molecule has 0 saturated heterocycles. The number of ether oxygens (including phenoxy) is 2. The van der Waals surface area contributed by atoms with Crippen molar-refractivity contribution in [2.45, 2.75) is 33.1 Å². The van der Waals surface area contributed by atoms with Crippen LogP contribution in [0.1, 0.15) is 44.5 Å². The predicted molar refractivity (Wildman–Crippen MR) is 157 cm³/mol. The molecule has 0 fully saturated rings. The van der Waals surface area contributed by atoms with Gasteiger partial charge in [-0.05, 0) is 71.8 Å². The average Bonchev–Trinajstić information content (AvgIpc) is 2.90. The molecule has 0 aliphatic heterocycles. The van der Waals surface area contributed by atoms with E-state index in [1.165, 1.54) is 16.8 Å². The molecule has 12 heteroatoms. The summed E-state index contributed by atoms with van der Waals surface area (Å²) < 4.78 is 14.5. The first-order chi connectivity index (χ1) is 18.2. The molecular weight excluding hydrogens is 669 g/mol. The van der Waals surface area contributed by atoms with Crippen molar-refractivity contribution in [1.82, 2.24) is 14.6 Å². The topological polar surface area (TPSA) is 122 Å². The lowest BCUT2D eigenvalue weighted by Gasteiger charge is -2.15. The molecule has 0 bridgehead atoms.